The molecule has 0 saturated heterocycles. The summed E-state index contributed by atoms with van der Waals surface area (Å²) in [5.74, 6) is 1.77. The molecule has 0 fully saturated rings. The summed E-state index contributed by atoms with van der Waals surface area (Å²) in [6.07, 6.45) is 0. The average Bonchev–Trinajstić information content (AvgIpc) is 2.75. The minimum Gasteiger partial charge on any atom is -0.208 e. The highest BCUT2D eigenvalue weighted by atomic mass is 15.0. The Balaban J connectivity index is 1.93. The summed E-state index contributed by atoms with van der Waals surface area (Å²) in [5, 5.41) is 9.35. The number of hydrogen-bond acceptors (Lipinski definition) is 4. The molecule has 1 aromatic heterocycles. The van der Waals surface area contributed by atoms with Crippen LogP contribution < -0.4 is 0 Å². The van der Waals surface area contributed by atoms with Crippen molar-refractivity contribution in [2.24, 2.45) is 0 Å². The van der Waals surface area contributed by atoms with Crippen LogP contribution in [-0.2, 0) is 0 Å². The Kier molecular flexibility index (Phi) is 4.42. The highest BCUT2D eigenvalue weighted by molar-refractivity contribution is 5.67. The van der Waals surface area contributed by atoms with Gasteiger partial charge in [-0.2, -0.15) is 5.26 Å². The molecular formula is C23H16N4. The van der Waals surface area contributed by atoms with Gasteiger partial charge in [0.25, 0.3) is 0 Å². The van der Waals surface area contributed by atoms with Crippen molar-refractivity contribution in [2.75, 3.05) is 0 Å². The molecule has 0 aliphatic heterocycles. The van der Waals surface area contributed by atoms with Crippen molar-refractivity contribution in [1.29, 1.82) is 5.26 Å². The second-order valence-electron chi connectivity index (χ2n) is 6.18. The van der Waals surface area contributed by atoms with Crippen LogP contribution in [0, 0.1) is 18.3 Å². The monoisotopic (exact) mass is 348 g/mol. The van der Waals surface area contributed by atoms with E-state index in [1.807, 2.05) is 85.8 Å². The van der Waals surface area contributed by atoms with Crippen molar-refractivity contribution in [3.63, 3.8) is 0 Å². The number of nitrogens with zero attached hydrogens (tertiary/aromatic N) is 4. The summed E-state index contributed by atoms with van der Waals surface area (Å²) < 4.78 is 0. The second kappa shape index (κ2) is 7.19. The number of nitriles is 1. The van der Waals surface area contributed by atoms with Crippen LogP contribution in [0.2, 0.25) is 0 Å². The van der Waals surface area contributed by atoms with Gasteiger partial charge in [0, 0.05) is 16.7 Å². The molecule has 4 heteroatoms. The smallest absolute Gasteiger partial charge is 0.164 e. The summed E-state index contributed by atoms with van der Waals surface area (Å²) in [6, 6.07) is 27.6. The van der Waals surface area contributed by atoms with Gasteiger partial charge in [0.2, 0.25) is 0 Å². The molecule has 4 aromatic rings. The lowest BCUT2D eigenvalue weighted by Gasteiger charge is -2.09. The zero-order valence-electron chi connectivity index (χ0n) is 14.8. The van der Waals surface area contributed by atoms with E-state index in [-0.39, 0.29) is 0 Å². The molecule has 27 heavy (non-hydrogen) atoms. The van der Waals surface area contributed by atoms with Gasteiger partial charge in [-0.05, 0) is 18.6 Å². The molecule has 0 radical (unpaired) electrons. The summed E-state index contributed by atoms with van der Waals surface area (Å²) in [5.41, 5.74) is 4.20. The molecule has 0 bridgehead atoms. The predicted octanol–water partition coefficient (Wildman–Crippen LogP) is 5.05. The quantitative estimate of drug-likeness (QED) is 0.519. The second-order valence-corrected chi connectivity index (χ2v) is 6.18. The van der Waals surface area contributed by atoms with E-state index in [9.17, 15) is 5.26 Å². The largest absolute Gasteiger partial charge is 0.208 e. The van der Waals surface area contributed by atoms with E-state index in [2.05, 4.69) is 21.0 Å². The molecule has 4 rings (SSSR count). The van der Waals surface area contributed by atoms with E-state index in [0.29, 0.717) is 23.0 Å². The number of aromatic nitrogens is 3. The average molecular weight is 348 g/mol. The van der Waals surface area contributed by atoms with Crippen molar-refractivity contribution < 1.29 is 0 Å². The molecule has 0 aliphatic rings. The van der Waals surface area contributed by atoms with Crippen molar-refractivity contribution in [1.82, 2.24) is 15.0 Å². The van der Waals surface area contributed by atoms with Crippen molar-refractivity contribution in [2.45, 2.75) is 6.92 Å². The van der Waals surface area contributed by atoms with Gasteiger partial charge in [-0.3, -0.25) is 0 Å². The molecule has 0 unspecified atom stereocenters. The fraction of sp³-hybridized carbons (Fsp3) is 0.0435. The van der Waals surface area contributed by atoms with E-state index in [0.717, 1.165) is 22.3 Å². The van der Waals surface area contributed by atoms with Gasteiger partial charge in [-0.15, -0.1) is 0 Å². The minimum absolute atomic E-state index is 0.555. The fourth-order valence-corrected chi connectivity index (χ4v) is 2.82. The van der Waals surface area contributed by atoms with Gasteiger partial charge in [0.05, 0.1) is 11.6 Å². The molecule has 0 atom stereocenters. The molecule has 0 aliphatic carbocycles. The normalized spacial score (nSPS) is 10.4. The lowest BCUT2D eigenvalue weighted by Crippen LogP contribution is -2.00. The van der Waals surface area contributed by atoms with Gasteiger partial charge in [0.1, 0.15) is 0 Å². The van der Waals surface area contributed by atoms with Crippen LogP contribution >= 0.6 is 0 Å². The molecule has 1 heterocycles. The van der Waals surface area contributed by atoms with Crippen LogP contribution in [0.15, 0.2) is 78.9 Å². The van der Waals surface area contributed by atoms with Gasteiger partial charge < -0.3 is 0 Å². The molecule has 0 N–H and O–H groups in total. The van der Waals surface area contributed by atoms with Gasteiger partial charge in [0.15, 0.2) is 17.5 Å². The van der Waals surface area contributed by atoms with Gasteiger partial charge >= 0.3 is 0 Å². The highest BCUT2D eigenvalue weighted by Gasteiger charge is 2.12. The van der Waals surface area contributed by atoms with Gasteiger partial charge in [-0.1, -0.05) is 72.8 Å². The first kappa shape index (κ1) is 16.6. The third-order valence-electron chi connectivity index (χ3n) is 4.32. The number of hydrogen-bond donors (Lipinski definition) is 0. The Labute approximate surface area is 157 Å². The first-order chi connectivity index (χ1) is 13.2. The summed E-state index contributed by atoms with van der Waals surface area (Å²) in [7, 11) is 0. The third kappa shape index (κ3) is 3.44. The summed E-state index contributed by atoms with van der Waals surface area (Å²) >= 11 is 0. The number of rotatable bonds is 3. The van der Waals surface area contributed by atoms with Crippen LogP contribution in [0.4, 0.5) is 0 Å². The maximum atomic E-state index is 9.35. The maximum Gasteiger partial charge on any atom is 0.164 e. The van der Waals surface area contributed by atoms with E-state index in [1.165, 1.54) is 0 Å². The first-order valence-corrected chi connectivity index (χ1v) is 8.62. The predicted molar refractivity (Wildman–Crippen MR) is 106 cm³/mol. The Morgan fingerprint density at radius 1 is 0.630 bits per heavy atom. The standard InChI is InChI=1S/C23H16N4/c1-16-12-13-19(14-20(16)15-24)23-26-21(17-8-4-2-5-9-17)25-22(27-23)18-10-6-3-7-11-18/h2-14H,1H3. The van der Waals surface area contributed by atoms with Crippen molar-refractivity contribution in [3.05, 3.63) is 90.0 Å². The number of aryl methyl sites for hydroxylation is 1. The van der Waals surface area contributed by atoms with E-state index in [1.54, 1.807) is 0 Å². The Morgan fingerprint density at radius 2 is 1.11 bits per heavy atom. The summed E-state index contributed by atoms with van der Waals surface area (Å²) in [4.78, 5) is 14.0. The Morgan fingerprint density at radius 3 is 1.59 bits per heavy atom. The highest BCUT2D eigenvalue weighted by Crippen LogP contribution is 2.25. The van der Waals surface area contributed by atoms with E-state index < -0.39 is 0 Å². The lowest BCUT2D eigenvalue weighted by atomic mass is 10.1. The molecule has 0 amide bonds. The molecule has 3 aromatic carbocycles. The Bertz CT molecular complexity index is 1070. The minimum atomic E-state index is 0.555. The fourth-order valence-electron chi connectivity index (χ4n) is 2.82. The summed E-state index contributed by atoms with van der Waals surface area (Å²) in [6.45, 7) is 1.92. The van der Waals surface area contributed by atoms with E-state index >= 15 is 0 Å². The van der Waals surface area contributed by atoms with Crippen LogP contribution in [-0.4, -0.2) is 15.0 Å². The topological polar surface area (TPSA) is 62.5 Å². The molecule has 0 saturated carbocycles. The third-order valence-corrected chi connectivity index (χ3v) is 4.32. The van der Waals surface area contributed by atoms with E-state index in [4.69, 9.17) is 0 Å². The number of benzene rings is 3. The van der Waals surface area contributed by atoms with Gasteiger partial charge in [-0.25, -0.2) is 15.0 Å². The zero-order valence-corrected chi connectivity index (χ0v) is 14.8. The SMILES string of the molecule is Cc1ccc(-c2nc(-c3ccccc3)nc(-c3ccccc3)n2)cc1C#N. The van der Waals surface area contributed by atoms with Crippen LogP contribution in [0.1, 0.15) is 11.1 Å². The Hall–Kier alpha value is -3.84. The lowest BCUT2D eigenvalue weighted by molar-refractivity contribution is 1.07. The van der Waals surface area contributed by atoms with Crippen LogP contribution in [0.5, 0.6) is 0 Å². The maximum absolute atomic E-state index is 9.35. The van der Waals surface area contributed by atoms with Crippen molar-refractivity contribution in [3.8, 4) is 40.2 Å². The molecular weight excluding hydrogens is 332 g/mol. The van der Waals surface area contributed by atoms with Crippen LogP contribution in [0.25, 0.3) is 34.2 Å². The molecule has 128 valence electrons. The molecule has 0 spiro atoms. The zero-order chi connectivity index (χ0) is 18.6. The first-order valence-electron chi connectivity index (χ1n) is 8.62. The van der Waals surface area contributed by atoms with Crippen LogP contribution in [0.3, 0.4) is 0 Å². The molecule has 4 nitrogen and oxygen atoms in total. The van der Waals surface area contributed by atoms with Crippen molar-refractivity contribution >= 4 is 0 Å².